The van der Waals surface area contributed by atoms with Crippen molar-refractivity contribution in [3.63, 3.8) is 0 Å². The maximum atomic E-state index is 13.0. The van der Waals surface area contributed by atoms with Crippen LogP contribution in [0.15, 0.2) is 42.5 Å². The highest BCUT2D eigenvalue weighted by molar-refractivity contribution is 5.99. The zero-order valence-electron chi connectivity index (χ0n) is 16.8. The first-order valence-electron chi connectivity index (χ1n) is 9.94. The van der Waals surface area contributed by atoms with Crippen molar-refractivity contribution in [1.82, 2.24) is 0 Å². The Bertz CT molecular complexity index is 967. The van der Waals surface area contributed by atoms with Gasteiger partial charge >= 0.3 is 12.0 Å². The Kier molecular flexibility index (Phi) is 6.06. The lowest BCUT2D eigenvalue weighted by Crippen LogP contribution is -2.46. The third-order valence-electron chi connectivity index (χ3n) is 5.48. The predicted octanol–water partition coefficient (Wildman–Crippen LogP) is 3.03. The molecule has 2 aliphatic heterocycles. The minimum absolute atomic E-state index is 0.0869. The molecule has 4 atom stereocenters. The van der Waals surface area contributed by atoms with Crippen LogP contribution in [0.4, 0.5) is 20.6 Å². The molecule has 9 heteroatoms. The second-order valence-electron chi connectivity index (χ2n) is 7.52. The summed E-state index contributed by atoms with van der Waals surface area (Å²) in [6, 6.07) is 10.3. The van der Waals surface area contributed by atoms with Crippen LogP contribution in [0.5, 0.6) is 5.75 Å². The molecule has 164 valence electrons. The van der Waals surface area contributed by atoms with Gasteiger partial charge in [0.2, 0.25) is 0 Å². The molecule has 2 aliphatic rings. The zero-order valence-corrected chi connectivity index (χ0v) is 16.8. The van der Waals surface area contributed by atoms with Gasteiger partial charge < -0.3 is 30.0 Å². The number of carbonyl (C=O) groups is 2. The number of methoxy groups -OCH3 is 1. The van der Waals surface area contributed by atoms with E-state index >= 15 is 0 Å². The van der Waals surface area contributed by atoms with Crippen LogP contribution < -0.4 is 15.4 Å². The molecule has 1 saturated heterocycles. The fourth-order valence-electron chi connectivity index (χ4n) is 4.06. The Morgan fingerprint density at radius 3 is 2.58 bits per heavy atom. The quantitative estimate of drug-likeness (QED) is 0.630. The summed E-state index contributed by atoms with van der Waals surface area (Å²) >= 11 is 0. The molecule has 3 N–H and O–H groups in total. The number of hydrogen-bond acceptors (Lipinski definition) is 6. The minimum Gasteiger partial charge on any atom is -0.487 e. The predicted molar refractivity (Wildman–Crippen MR) is 110 cm³/mol. The first kappa shape index (κ1) is 21.1. The summed E-state index contributed by atoms with van der Waals surface area (Å²) in [5.74, 6) is -0.216. The van der Waals surface area contributed by atoms with E-state index in [-0.39, 0.29) is 36.8 Å². The van der Waals surface area contributed by atoms with E-state index in [2.05, 4.69) is 10.6 Å². The van der Waals surface area contributed by atoms with Gasteiger partial charge in [-0.2, -0.15) is 0 Å². The fourth-order valence-corrected chi connectivity index (χ4v) is 4.06. The average Bonchev–Trinajstić information content (AvgIpc) is 3.12. The number of hydrogen-bond donors (Lipinski definition) is 3. The van der Waals surface area contributed by atoms with Crippen molar-refractivity contribution >= 4 is 23.4 Å². The summed E-state index contributed by atoms with van der Waals surface area (Å²) in [4.78, 5) is 24.0. The monoisotopic (exact) mass is 430 g/mol. The van der Waals surface area contributed by atoms with E-state index in [0.717, 1.165) is 5.56 Å². The number of urea groups is 1. The van der Waals surface area contributed by atoms with Crippen LogP contribution in [0.2, 0.25) is 0 Å². The van der Waals surface area contributed by atoms with Gasteiger partial charge in [-0.25, -0.2) is 9.18 Å². The number of benzene rings is 2. The normalized spacial score (nSPS) is 23.8. The zero-order chi connectivity index (χ0) is 22.0. The molecule has 8 nitrogen and oxygen atoms in total. The molecule has 0 bridgehead atoms. The molecule has 31 heavy (non-hydrogen) atoms. The molecule has 0 aromatic heterocycles. The van der Waals surface area contributed by atoms with Crippen LogP contribution >= 0.6 is 0 Å². The molecule has 0 spiro atoms. The smallest absolute Gasteiger partial charge is 0.323 e. The van der Waals surface area contributed by atoms with Crippen molar-refractivity contribution in [3.8, 4) is 5.75 Å². The molecular formula is C22H23FN2O6. The Balaban J connectivity index is 1.48. The van der Waals surface area contributed by atoms with Gasteiger partial charge in [-0.1, -0.05) is 0 Å². The summed E-state index contributed by atoms with van der Waals surface area (Å²) in [6.07, 6.45) is -0.743. The molecule has 2 aromatic rings. The summed E-state index contributed by atoms with van der Waals surface area (Å²) in [7, 11) is 1.32. The summed E-state index contributed by atoms with van der Waals surface area (Å²) in [5.41, 5.74) is 1.89. The van der Waals surface area contributed by atoms with E-state index in [9.17, 15) is 19.1 Å². The largest absolute Gasteiger partial charge is 0.487 e. The van der Waals surface area contributed by atoms with Gasteiger partial charge in [0.25, 0.3) is 0 Å². The molecule has 0 aliphatic carbocycles. The van der Waals surface area contributed by atoms with Crippen molar-refractivity contribution in [2.75, 3.05) is 24.4 Å². The second-order valence-corrected chi connectivity index (χ2v) is 7.52. The van der Waals surface area contributed by atoms with Gasteiger partial charge in [-0.05, 0) is 48.9 Å². The minimum atomic E-state index is -0.570. The number of rotatable bonds is 5. The molecule has 0 unspecified atom stereocenters. The number of ether oxygens (including phenoxy) is 3. The molecule has 0 radical (unpaired) electrons. The number of anilines is 2. The fraction of sp³-hybridized carbons (Fsp3) is 0.364. The van der Waals surface area contributed by atoms with Crippen LogP contribution in [-0.4, -0.2) is 49.1 Å². The SMILES string of the molecule is COC(=O)C[C@@H]1C[C@@H]2c3cc(NC(=O)Nc4ccc(F)cc4)ccc3O[C@@H]2[C@@H](CO)O1. The molecule has 2 aromatic carbocycles. The molecule has 2 amide bonds. The lowest BCUT2D eigenvalue weighted by molar-refractivity contribution is -0.156. The average molecular weight is 430 g/mol. The van der Waals surface area contributed by atoms with E-state index in [1.54, 1.807) is 12.1 Å². The van der Waals surface area contributed by atoms with Crippen LogP contribution in [0.3, 0.4) is 0 Å². The third-order valence-corrected chi connectivity index (χ3v) is 5.48. The number of nitrogens with one attached hydrogen (secondary N) is 2. The Labute approximate surface area is 178 Å². The lowest BCUT2D eigenvalue weighted by Gasteiger charge is -2.36. The molecule has 0 saturated carbocycles. The number of fused-ring (bicyclic) bond motifs is 3. The highest BCUT2D eigenvalue weighted by atomic mass is 19.1. The van der Waals surface area contributed by atoms with Gasteiger partial charge in [0.1, 0.15) is 23.8 Å². The van der Waals surface area contributed by atoms with Crippen LogP contribution in [0.25, 0.3) is 0 Å². The van der Waals surface area contributed by atoms with Crippen LogP contribution in [0.1, 0.15) is 24.3 Å². The maximum Gasteiger partial charge on any atom is 0.323 e. The second kappa shape index (κ2) is 8.91. The van der Waals surface area contributed by atoms with E-state index < -0.39 is 18.2 Å². The highest BCUT2D eigenvalue weighted by Gasteiger charge is 2.46. The number of esters is 1. The number of halogens is 1. The molecule has 1 fully saturated rings. The summed E-state index contributed by atoms with van der Waals surface area (Å²) < 4.78 is 29.6. The van der Waals surface area contributed by atoms with Gasteiger partial charge in [0.05, 0.1) is 26.2 Å². The van der Waals surface area contributed by atoms with Crippen molar-refractivity contribution in [3.05, 3.63) is 53.8 Å². The Morgan fingerprint density at radius 2 is 1.87 bits per heavy atom. The van der Waals surface area contributed by atoms with Gasteiger partial charge in [0, 0.05) is 22.9 Å². The molecular weight excluding hydrogens is 407 g/mol. The first-order valence-corrected chi connectivity index (χ1v) is 9.94. The van der Waals surface area contributed by atoms with Gasteiger partial charge in [-0.3, -0.25) is 4.79 Å². The number of carbonyl (C=O) groups excluding carboxylic acids is 2. The van der Waals surface area contributed by atoms with E-state index in [1.165, 1.54) is 31.4 Å². The standard InChI is InChI=1S/C22H23FN2O6/c1-29-20(27)10-15-9-17-16-8-14(6-7-18(16)31-21(17)19(11-26)30-15)25-22(28)24-13-4-2-12(23)3-5-13/h2-8,15,17,19,21,26H,9-11H2,1H3,(H2,24,25,28)/t15-,17+,19+,21-/m0/s1. The van der Waals surface area contributed by atoms with Crippen LogP contribution in [0, 0.1) is 5.82 Å². The van der Waals surface area contributed by atoms with Crippen molar-refractivity contribution in [2.24, 2.45) is 0 Å². The first-order chi connectivity index (χ1) is 15.0. The van der Waals surface area contributed by atoms with Crippen LogP contribution in [-0.2, 0) is 14.3 Å². The molecule has 2 heterocycles. The number of aliphatic hydroxyl groups is 1. The Morgan fingerprint density at radius 1 is 1.16 bits per heavy atom. The van der Waals surface area contributed by atoms with Crippen molar-refractivity contribution in [1.29, 1.82) is 0 Å². The highest BCUT2D eigenvalue weighted by Crippen LogP contribution is 2.47. The molecule has 4 rings (SSSR count). The number of amides is 2. The number of aliphatic hydroxyl groups excluding tert-OH is 1. The Hall–Kier alpha value is -3.17. The third kappa shape index (κ3) is 4.62. The van der Waals surface area contributed by atoms with Crippen molar-refractivity contribution < 1.29 is 33.3 Å². The van der Waals surface area contributed by atoms with E-state index in [1.807, 2.05) is 6.07 Å². The van der Waals surface area contributed by atoms with E-state index in [0.29, 0.717) is 23.5 Å². The van der Waals surface area contributed by atoms with Gasteiger partial charge in [0.15, 0.2) is 0 Å². The summed E-state index contributed by atoms with van der Waals surface area (Å²) in [6.45, 7) is -0.238. The lowest BCUT2D eigenvalue weighted by atomic mass is 9.84. The summed E-state index contributed by atoms with van der Waals surface area (Å²) in [5, 5.41) is 15.1. The van der Waals surface area contributed by atoms with E-state index in [4.69, 9.17) is 14.2 Å². The topological polar surface area (TPSA) is 106 Å². The van der Waals surface area contributed by atoms with Crippen molar-refractivity contribution in [2.45, 2.75) is 37.1 Å². The maximum absolute atomic E-state index is 13.0. The van der Waals surface area contributed by atoms with Gasteiger partial charge in [-0.15, -0.1) is 0 Å².